The summed E-state index contributed by atoms with van der Waals surface area (Å²) in [6.45, 7) is 15.1. The highest BCUT2D eigenvalue weighted by Crippen LogP contribution is 2.56. The van der Waals surface area contributed by atoms with Crippen molar-refractivity contribution >= 4 is 25.4 Å². The van der Waals surface area contributed by atoms with E-state index in [-0.39, 0.29) is 24.3 Å². The Morgan fingerprint density at radius 3 is 2.41 bits per heavy atom. The first-order chi connectivity index (χ1) is 20.8. The lowest BCUT2D eigenvalue weighted by molar-refractivity contribution is 0.0724. The Kier molecular flexibility index (Phi) is 11.6. The molecule has 0 spiro atoms. The molecule has 0 radical (unpaired) electrons. The average Bonchev–Trinajstić information content (AvgIpc) is 2.97. The third kappa shape index (κ3) is 9.10. The first kappa shape index (κ1) is 34.1. The monoisotopic (exact) mass is 642 g/mol. The average molecular weight is 643 g/mol. The molecule has 0 N–H and O–H groups in total. The van der Waals surface area contributed by atoms with Crippen molar-refractivity contribution in [3.63, 3.8) is 0 Å². The van der Waals surface area contributed by atoms with E-state index in [4.69, 9.17) is 34.9 Å². The molecule has 3 atom stereocenters. The van der Waals surface area contributed by atoms with E-state index in [0.29, 0.717) is 48.5 Å². The third-order valence-corrected chi connectivity index (χ3v) is 9.94. The zero-order chi connectivity index (χ0) is 32.0. The van der Waals surface area contributed by atoms with Crippen molar-refractivity contribution in [3.05, 3.63) is 93.0 Å². The molecule has 1 heterocycles. The number of hydrogen-bond acceptors (Lipinski definition) is 7. The molecule has 7 nitrogen and oxygen atoms in total. The quantitative estimate of drug-likeness (QED) is 0.117. The Hall–Kier alpha value is -2.83. The van der Waals surface area contributed by atoms with Gasteiger partial charge in [-0.1, -0.05) is 70.5 Å². The van der Waals surface area contributed by atoms with Crippen LogP contribution in [0.4, 0.5) is 4.79 Å². The number of ether oxygens (including phenoxy) is 3. The Balaban J connectivity index is 1.41. The number of aryl methyl sites for hydroxylation is 2. The van der Waals surface area contributed by atoms with E-state index >= 15 is 0 Å². The van der Waals surface area contributed by atoms with Gasteiger partial charge in [0.1, 0.15) is 11.5 Å². The van der Waals surface area contributed by atoms with Crippen molar-refractivity contribution in [2.45, 2.75) is 73.3 Å². The van der Waals surface area contributed by atoms with Crippen molar-refractivity contribution < 1.29 is 32.6 Å². The first-order valence-corrected chi connectivity index (χ1v) is 17.3. The van der Waals surface area contributed by atoms with Gasteiger partial charge in [-0.15, -0.1) is 0 Å². The van der Waals surface area contributed by atoms with E-state index in [2.05, 4.69) is 33.8 Å². The van der Waals surface area contributed by atoms with Gasteiger partial charge in [0.2, 0.25) is 0 Å². The SMILES string of the molecule is Cc1cc(OC[P@@]2(=O)OCC[C@@H](c3cccc(Cl)c3)O2)cc(C)c1Cc1ccc(OC(=O)OCC(C)C(C)C)c(C(C)C)c1. The fourth-order valence-electron chi connectivity index (χ4n) is 5.01. The fraction of sp³-hybridized carbons (Fsp3) is 0.457. The molecule has 3 aromatic rings. The molecule has 0 aliphatic carbocycles. The molecular weight excluding hydrogens is 599 g/mol. The number of hydrogen-bond donors (Lipinski definition) is 0. The summed E-state index contributed by atoms with van der Waals surface area (Å²) in [6.07, 6.45) is 0.0563. The van der Waals surface area contributed by atoms with Gasteiger partial charge in [0.25, 0.3) is 0 Å². The number of carbonyl (C=O) groups is 1. The second-order valence-electron chi connectivity index (χ2n) is 12.3. The van der Waals surface area contributed by atoms with Crippen molar-refractivity contribution in [2.75, 3.05) is 19.6 Å². The minimum Gasteiger partial charge on any atom is -0.481 e. The molecule has 238 valence electrons. The minimum absolute atomic E-state index is 0.149. The number of rotatable bonds is 11. The summed E-state index contributed by atoms with van der Waals surface area (Å²) in [5.41, 5.74) is 6.18. The lowest BCUT2D eigenvalue weighted by Crippen LogP contribution is -2.19. The molecule has 3 aromatic carbocycles. The van der Waals surface area contributed by atoms with Crippen molar-refractivity contribution in [2.24, 2.45) is 11.8 Å². The molecular formula is C35H44ClO7P. The molecule has 1 aliphatic rings. The minimum atomic E-state index is -3.47. The molecule has 4 rings (SSSR count). The van der Waals surface area contributed by atoms with E-state index in [1.807, 2.05) is 63.2 Å². The maximum Gasteiger partial charge on any atom is 0.513 e. The molecule has 1 saturated heterocycles. The summed E-state index contributed by atoms with van der Waals surface area (Å²) < 4.78 is 41.8. The molecule has 0 bridgehead atoms. The van der Waals surface area contributed by atoms with Crippen LogP contribution in [-0.2, 0) is 24.8 Å². The van der Waals surface area contributed by atoms with E-state index in [1.54, 1.807) is 6.07 Å². The summed E-state index contributed by atoms with van der Waals surface area (Å²) in [4.78, 5) is 12.4. The number of benzene rings is 3. The van der Waals surface area contributed by atoms with Crippen LogP contribution in [0, 0.1) is 25.7 Å². The Bertz CT molecular complexity index is 1480. The van der Waals surface area contributed by atoms with Crippen LogP contribution in [-0.4, -0.2) is 25.7 Å². The van der Waals surface area contributed by atoms with Crippen LogP contribution in [0.25, 0.3) is 0 Å². The molecule has 1 fully saturated rings. The van der Waals surface area contributed by atoms with Gasteiger partial charge in [-0.25, -0.2) is 4.79 Å². The number of halogens is 1. The van der Waals surface area contributed by atoms with Crippen molar-refractivity contribution in [1.82, 2.24) is 0 Å². The zero-order valence-electron chi connectivity index (χ0n) is 26.7. The van der Waals surface area contributed by atoms with Crippen LogP contribution in [0.2, 0.25) is 5.02 Å². The van der Waals surface area contributed by atoms with Gasteiger partial charge in [0.15, 0.2) is 6.35 Å². The highest BCUT2D eigenvalue weighted by Gasteiger charge is 2.35. The van der Waals surface area contributed by atoms with Crippen LogP contribution >= 0.6 is 19.2 Å². The summed E-state index contributed by atoms with van der Waals surface area (Å²) in [5, 5.41) is 0.603. The molecule has 0 saturated carbocycles. The van der Waals surface area contributed by atoms with E-state index in [9.17, 15) is 9.36 Å². The zero-order valence-corrected chi connectivity index (χ0v) is 28.4. The molecule has 44 heavy (non-hydrogen) atoms. The molecule has 1 aliphatic heterocycles. The maximum absolute atomic E-state index is 13.4. The molecule has 0 aromatic heterocycles. The second kappa shape index (κ2) is 15.0. The van der Waals surface area contributed by atoms with Crippen molar-refractivity contribution in [3.8, 4) is 11.5 Å². The van der Waals surface area contributed by atoms with Crippen LogP contribution in [0.1, 0.15) is 86.4 Å². The summed E-state index contributed by atoms with van der Waals surface area (Å²) in [7, 11) is -3.47. The van der Waals surface area contributed by atoms with Gasteiger partial charge in [0, 0.05) is 11.4 Å². The van der Waals surface area contributed by atoms with Gasteiger partial charge in [-0.05, 0) is 102 Å². The summed E-state index contributed by atoms with van der Waals surface area (Å²) in [6, 6.07) is 17.2. The second-order valence-corrected chi connectivity index (χ2v) is 14.7. The molecule has 0 amide bonds. The van der Waals surface area contributed by atoms with Gasteiger partial charge >= 0.3 is 13.8 Å². The highest BCUT2D eigenvalue weighted by atomic mass is 35.5. The molecule has 1 unspecified atom stereocenters. The predicted octanol–water partition coefficient (Wildman–Crippen LogP) is 10.2. The lowest BCUT2D eigenvalue weighted by atomic mass is 9.93. The van der Waals surface area contributed by atoms with Gasteiger partial charge in [0.05, 0.1) is 19.3 Å². The van der Waals surface area contributed by atoms with E-state index in [0.717, 1.165) is 27.8 Å². The largest absolute Gasteiger partial charge is 0.513 e. The molecule has 9 heteroatoms. The predicted molar refractivity (Wildman–Crippen MR) is 174 cm³/mol. The number of carbonyl (C=O) groups excluding carboxylic acids is 1. The van der Waals surface area contributed by atoms with Gasteiger partial charge in [-0.3, -0.25) is 9.09 Å². The highest BCUT2D eigenvalue weighted by molar-refractivity contribution is 7.53. The van der Waals surface area contributed by atoms with Crippen LogP contribution in [0.5, 0.6) is 11.5 Å². The smallest absolute Gasteiger partial charge is 0.481 e. The topological polar surface area (TPSA) is 80.3 Å². The van der Waals surface area contributed by atoms with Crippen LogP contribution < -0.4 is 9.47 Å². The van der Waals surface area contributed by atoms with E-state index in [1.165, 1.54) is 5.56 Å². The van der Waals surface area contributed by atoms with Crippen LogP contribution in [0.3, 0.4) is 0 Å². The van der Waals surface area contributed by atoms with Crippen molar-refractivity contribution in [1.29, 1.82) is 0 Å². The van der Waals surface area contributed by atoms with Gasteiger partial charge in [-0.2, -0.15) is 0 Å². The summed E-state index contributed by atoms with van der Waals surface area (Å²) >= 11 is 6.14. The Labute approximate surface area is 266 Å². The Morgan fingerprint density at radius 1 is 1.02 bits per heavy atom. The Morgan fingerprint density at radius 2 is 1.75 bits per heavy atom. The van der Waals surface area contributed by atoms with Crippen LogP contribution in [0.15, 0.2) is 54.6 Å². The maximum atomic E-state index is 13.4. The summed E-state index contributed by atoms with van der Waals surface area (Å²) in [5.74, 6) is 1.94. The third-order valence-electron chi connectivity index (χ3n) is 8.11. The standard InChI is InChI=1S/C35H44ClO7P/c1-22(2)26(7)20-39-35(37)42-34-12-11-27(17-31(34)23(3)4)18-32-24(5)15-30(16-25(32)6)40-21-44(38)41-14-13-33(43-44)28-9-8-10-29(36)19-28/h8-12,15-17,19,22-23,26,33H,13-14,18,20-21H2,1-7H3/t26?,33-,44+/m0/s1. The van der Waals surface area contributed by atoms with E-state index < -0.39 is 13.8 Å². The van der Waals surface area contributed by atoms with Gasteiger partial charge < -0.3 is 18.7 Å². The lowest BCUT2D eigenvalue weighted by Gasteiger charge is -2.30. The first-order valence-electron chi connectivity index (χ1n) is 15.2. The normalized spacial score (nSPS) is 19.2. The fourth-order valence-corrected chi connectivity index (χ4v) is 6.72.